The van der Waals surface area contributed by atoms with E-state index in [-0.39, 0.29) is 11.2 Å². The Hall–Kier alpha value is -2.35. The fraction of sp³-hybridized carbons (Fsp3) is 0.517. The molecule has 7 heteroatoms. The van der Waals surface area contributed by atoms with Gasteiger partial charge in [0, 0.05) is 35.0 Å². The summed E-state index contributed by atoms with van der Waals surface area (Å²) in [5, 5.41) is 13.8. The fourth-order valence-electron chi connectivity index (χ4n) is 9.13. The van der Waals surface area contributed by atoms with Gasteiger partial charge in [-0.05, 0) is 52.8 Å². The lowest BCUT2D eigenvalue weighted by molar-refractivity contribution is -0.132. The van der Waals surface area contributed by atoms with E-state index >= 15 is 4.21 Å². The lowest BCUT2D eigenvalue weighted by Crippen LogP contribution is -2.71. The largest absolute Gasteiger partial charge is 0.392 e. The van der Waals surface area contributed by atoms with E-state index in [1.54, 1.807) is 7.11 Å². The van der Waals surface area contributed by atoms with Crippen LogP contribution in [0.2, 0.25) is 0 Å². The summed E-state index contributed by atoms with van der Waals surface area (Å²) in [6.07, 6.45) is 1.86. The minimum absolute atomic E-state index is 0.164. The number of methoxy groups -OCH3 is 1. The van der Waals surface area contributed by atoms with Crippen LogP contribution in [0.5, 0.6) is 0 Å². The smallest absolute Gasteiger partial charge is 0.250 e. The molecule has 8 rings (SSSR count). The van der Waals surface area contributed by atoms with E-state index < -0.39 is 56.3 Å². The molecular weight excluding hydrogens is 474 g/mol. The Balaban J connectivity index is 1.52. The number of carbonyl (C=O) groups excluding carboxylic acids is 2. The summed E-state index contributed by atoms with van der Waals surface area (Å²) in [5.74, 6) is -1.65. The van der Waals surface area contributed by atoms with Crippen LogP contribution >= 0.6 is 0 Å². The summed E-state index contributed by atoms with van der Waals surface area (Å²) in [5.41, 5.74) is 1.33. The number of rotatable bonds is 4. The third-order valence-corrected chi connectivity index (χ3v) is 13.2. The van der Waals surface area contributed by atoms with Gasteiger partial charge in [0.15, 0.2) is 4.75 Å². The predicted octanol–water partition coefficient (Wildman–Crippen LogP) is 2.98. The predicted molar refractivity (Wildman–Crippen MR) is 134 cm³/mol. The summed E-state index contributed by atoms with van der Waals surface area (Å²) < 4.78 is 19.8. The average molecular weight is 506 g/mol. The van der Waals surface area contributed by atoms with Gasteiger partial charge in [-0.1, -0.05) is 62.4 Å². The molecule has 2 N–H and O–H groups in total. The maximum Gasteiger partial charge on any atom is 0.250 e. The summed E-state index contributed by atoms with van der Waals surface area (Å²) >= 11 is 0. The number of aliphatic hydroxyl groups is 1. The first-order chi connectivity index (χ1) is 17.2. The Morgan fingerprint density at radius 2 is 1.67 bits per heavy atom. The van der Waals surface area contributed by atoms with Crippen molar-refractivity contribution < 1.29 is 23.6 Å². The van der Waals surface area contributed by atoms with Crippen molar-refractivity contribution in [1.29, 1.82) is 0 Å². The van der Waals surface area contributed by atoms with E-state index in [0.29, 0.717) is 12.3 Å². The number of amides is 2. The number of fused-ring (bicyclic) bond motifs is 2. The van der Waals surface area contributed by atoms with Gasteiger partial charge in [0.1, 0.15) is 5.60 Å². The molecule has 6 nitrogen and oxygen atoms in total. The highest BCUT2D eigenvalue weighted by molar-refractivity contribution is 7.87. The first-order valence-electron chi connectivity index (χ1n) is 12.8. The van der Waals surface area contributed by atoms with E-state index in [9.17, 15) is 14.7 Å². The van der Waals surface area contributed by atoms with Crippen molar-refractivity contribution in [3.05, 3.63) is 70.8 Å². The molecule has 1 saturated heterocycles. The van der Waals surface area contributed by atoms with Crippen LogP contribution in [0, 0.1) is 22.7 Å². The molecule has 4 bridgehead atoms. The van der Waals surface area contributed by atoms with Gasteiger partial charge in [-0.3, -0.25) is 19.1 Å². The second kappa shape index (κ2) is 6.94. The monoisotopic (exact) mass is 505 g/mol. The molecule has 5 aliphatic carbocycles. The topological polar surface area (TPSA) is 92.7 Å². The molecule has 0 aromatic heterocycles. The van der Waals surface area contributed by atoms with Crippen molar-refractivity contribution in [2.45, 2.75) is 55.5 Å². The average Bonchev–Trinajstić information content (AvgIpc) is 3.36. The second-order valence-corrected chi connectivity index (χ2v) is 13.5. The van der Waals surface area contributed by atoms with E-state index in [4.69, 9.17) is 4.74 Å². The molecule has 188 valence electrons. The van der Waals surface area contributed by atoms with Crippen LogP contribution in [0.3, 0.4) is 0 Å². The zero-order chi connectivity index (χ0) is 25.3. The van der Waals surface area contributed by atoms with Crippen molar-refractivity contribution >= 4 is 22.6 Å². The molecule has 0 radical (unpaired) electrons. The number of nitrogens with one attached hydrogen (secondary N) is 1. The molecule has 1 heterocycles. The number of aliphatic hydroxyl groups excluding tert-OH is 1. The maximum atomic E-state index is 15.0. The number of imide groups is 1. The van der Waals surface area contributed by atoms with Gasteiger partial charge in [-0.25, -0.2) is 0 Å². The highest BCUT2D eigenvalue weighted by atomic mass is 32.2. The van der Waals surface area contributed by atoms with Crippen LogP contribution in [0.25, 0.3) is 0 Å². The Kier molecular flexibility index (Phi) is 4.40. The fourth-order valence-corrected chi connectivity index (χ4v) is 11.9. The summed E-state index contributed by atoms with van der Waals surface area (Å²) in [7, 11) is -0.265. The van der Waals surface area contributed by atoms with Crippen LogP contribution in [0.1, 0.15) is 61.3 Å². The van der Waals surface area contributed by atoms with Crippen LogP contribution in [0.15, 0.2) is 48.5 Å². The van der Waals surface area contributed by atoms with Crippen molar-refractivity contribution in [3.63, 3.8) is 0 Å². The summed E-state index contributed by atoms with van der Waals surface area (Å²) in [6, 6.07) is 15.6. The van der Waals surface area contributed by atoms with Crippen LogP contribution < -0.4 is 5.32 Å². The van der Waals surface area contributed by atoms with Gasteiger partial charge in [-0.15, -0.1) is 0 Å². The van der Waals surface area contributed by atoms with E-state index in [0.717, 1.165) is 35.1 Å². The van der Waals surface area contributed by atoms with Crippen molar-refractivity contribution in [2.75, 3.05) is 12.9 Å². The van der Waals surface area contributed by atoms with E-state index in [2.05, 4.69) is 19.2 Å². The highest BCUT2D eigenvalue weighted by Gasteiger charge is 2.80. The molecule has 0 spiro atoms. The van der Waals surface area contributed by atoms with Gasteiger partial charge in [0.05, 0.1) is 12.0 Å². The van der Waals surface area contributed by atoms with Gasteiger partial charge < -0.3 is 9.84 Å². The van der Waals surface area contributed by atoms with Crippen LogP contribution in [-0.4, -0.2) is 44.8 Å². The number of hydrogen-bond acceptors (Lipinski definition) is 5. The number of hydrogen-bond donors (Lipinski definition) is 2. The quantitative estimate of drug-likeness (QED) is 0.624. The third kappa shape index (κ3) is 2.15. The van der Waals surface area contributed by atoms with Crippen LogP contribution in [0.4, 0.5) is 0 Å². The Morgan fingerprint density at radius 3 is 2.19 bits per heavy atom. The van der Waals surface area contributed by atoms with Crippen LogP contribution in [-0.2, 0) is 30.7 Å². The van der Waals surface area contributed by atoms with E-state index in [1.165, 1.54) is 0 Å². The summed E-state index contributed by atoms with van der Waals surface area (Å²) in [6.45, 7) is 4.33. The zero-order valence-electron chi connectivity index (χ0n) is 20.7. The molecule has 36 heavy (non-hydrogen) atoms. The minimum Gasteiger partial charge on any atom is -0.392 e. The lowest BCUT2D eigenvalue weighted by atomic mass is 9.52. The number of ether oxygens (including phenoxy) is 1. The Morgan fingerprint density at radius 1 is 1.06 bits per heavy atom. The van der Waals surface area contributed by atoms with Gasteiger partial charge >= 0.3 is 0 Å². The first kappa shape index (κ1) is 22.8. The third-order valence-electron chi connectivity index (χ3n) is 10.9. The maximum absolute atomic E-state index is 15.0. The molecule has 2 aromatic rings. The molecule has 2 saturated carbocycles. The summed E-state index contributed by atoms with van der Waals surface area (Å²) in [4.78, 5) is 27.7. The van der Waals surface area contributed by atoms with Gasteiger partial charge in [-0.2, -0.15) is 0 Å². The molecule has 0 unspecified atom stereocenters. The molecule has 3 fully saturated rings. The second-order valence-electron chi connectivity index (χ2n) is 11.9. The highest BCUT2D eigenvalue weighted by Crippen LogP contribution is 2.70. The van der Waals surface area contributed by atoms with Gasteiger partial charge in [0.25, 0.3) is 0 Å². The molecule has 6 atom stereocenters. The van der Waals surface area contributed by atoms with Crippen molar-refractivity contribution in [3.8, 4) is 0 Å². The molecule has 6 aliphatic rings. The Bertz CT molecular complexity index is 1320. The van der Waals surface area contributed by atoms with Gasteiger partial charge in [0.2, 0.25) is 11.8 Å². The minimum atomic E-state index is -1.82. The van der Waals surface area contributed by atoms with E-state index in [1.807, 2.05) is 48.5 Å². The molecule has 2 amide bonds. The SMILES string of the molecule is COC12c3ccccc3C(c3ccccc31)[C@H]1C(=O)NC(=O)[C@]12[S@](=O)C[C@]12CC[C@H](C[C@H]1O)C2(C)C. The zero-order valence-corrected chi connectivity index (χ0v) is 21.6. The first-order valence-corrected chi connectivity index (χ1v) is 14.2. The Labute approximate surface area is 213 Å². The molecule has 1 aliphatic heterocycles. The normalized spacial score (nSPS) is 41.6. The number of benzene rings is 2. The molecule has 2 aromatic carbocycles. The lowest BCUT2D eigenvalue weighted by Gasteiger charge is -2.59. The number of carbonyl (C=O) groups is 2. The van der Waals surface area contributed by atoms with Crippen molar-refractivity contribution in [1.82, 2.24) is 5.32 Å². The molecular formula is C29H31NO5S. The standard InChI is InChI=1S/C29H31NO5S/c1-26(2)16-12-13-27(26,21(31)14-16)15-36(34)29-23(24(32)30-25(29)33)22-17-8-4-6-10-19(17)28(29,35-3)20-11-7-5-9-18(20)22/h4-11,16,21-23,31H,12-15H2,1-3H3,(H,30,32,33)/t16-,21-,22?,23+,27-,28?,29-,36-/m1/s1. The van der Waals surface area contributed by atoms with Crippen molar-refractivity contribution in [2.24, 2.45) is 22.7 Å².